The van der Waals surface area contributed by atoms with Crippen LogP contribution in [0.2, 0.25) is 0 Å². The summed E-state index contributed by atoms with van der Waals surface area (Å²) < 4.78 is 13.0. The van der Waals surface area contributed by atoms with Gasteiger partial charge in [0.15, 0.2) is 0 Å². The first-order chi connectivity index (χ1) is 15.2. The first-order valence-corrected chi connectivity index (χ1v) is 11.7. The van der Waals surface area contributed by atoms with Gasteiger partial charge >= 0.3 is 0 Å². The average Bonchev–Trinajstić information content (AvgIpc) is 3.27. The van der Waals surface area contributed by atoms with E-state index in [2.05, 4.69) is 45.4 Å². The molecule has 2 heterocycles. The van der Waals surface area contributed by atoms with Crippen LogP contribution in [0.1, 0.15) is 43.2 Å². The predicted octanol–water partition coefficient (Wildman–Crippen LogP) is 4.21. The molecule has 1 N–H and O–H groups in total. The van der Waals surface area contributed by atoms with Crippen molar-refractivity contribution in [3.05, 3.63) is 71.5 Å². The van der Waals surface area contributed by atoms with E-state index in [1.54, 1.807) is 12.1 Å². The van der Waals surface area contributed by atoms with E-state index in [1.165, 1.54) is 50.0 Å². The Kier molecular flexibility index (Phi) is 7.71. The molecule has 0 aliphatic carbocycles. The maximum Gasteiger partial charge on any atom is 0.220 e. The molecular formula is C26H34FN3O. The molecule has 4 rings (SSSR count). The lowest BCUT2D eigenvalue weighted by atomic mass is 9.91. The second-order valence-corrected chi connectivity index (χ2v) is 9.08. The summed E-state index contributed by atoms with van der Waals surface area (Å²) in [4.78, 5) is 17.4. The smallest absolute Gasteiger partial charge is 0.220 e. The van der Waals surface area contributed by atoms with Gasteiger partial charge in [0.05, 0.1) is 0 Å². The Bertz CT molecular complexity index is 818. The quantitative estimate of drug-likeness (QED) is 0.691. The highest BCUT2D eigenvalue weighted by Gasteiger charge is 2.30. The molecule has 2 saturated heterocycles. The second kappa shape index (κ2) is 10.9. The number of hydrogen-bond acceptors (Lipinski definition) is 3. The van der Waals surface area contributed by atoms with Crippen molar-refractivity contribution in [2.24, 2.45) is 5.92 Å². The Morgan fingerprint density at radius 2 is 1.68 bits per heavy atom. The van der Waals surface area contributed by atoms with Gasteiger partial charge in [-0.05, 0) is 68.0 Å². The standard InChI is InChI=1S/C26H34FN3O/c27-24-9-6-22(7-10-24)18-28-26(31)11-8-21-12-16-30(17-13-21)25-14-15-29(20-25)19-23-4-2-1-3-5-23/h1-7,9-10,21,25H,8,11-20H2,(H,28,31)/t25-/m0/s1. The summed E-state index contributed by atoms with van der Waals surface area (Å²) in [5.41, 5.74) is 2.33. The number of nitrogens with one attached hydrogen (secondary N) is 1. The van der Waals surface area contributed by atoms with E-state index in [4.69, 9.17) is 0 Å². The first kappa shape index (κ1) is 22.0. The Balaban J connectivity index is 1.12. The summed E-state index contributed by atoms with van der Waals surface area (Å²) in [5, 5.41) is 2.96. The summed E-state index contributed by atoms with van der Waals surface area (Å²) in [6.45, 7) is 6.20. The summed E-state index contributed by atoms with van der Waals surface area (Å²) in [5.74, 6) is 0.497. The minimum Gasteiger partial charge on any atom is -0.352 e. The van der Waals surface area contributed by atoms with E-state index < -0.39 is 0 Å². The maximum absolute atomic E-state index is 13.0. The molecule has 31 heavy (non-hydrogen) atoms. The zero-order chi connectivity index (χ0) is 21.5. The van der Waals surface area contributed by atoms with E-state index in [0.29, 0.717) is 24.9 Å². The zero-order valence-corrected chi connectivity index (χ0v) is 18.3. The highest BCUT2D eigenvalue weighted by Crippen LogP contribution is 2.26. The van der Waals surface area contributed by atoms with Crippen molar-refractivity contribution in [2.75, 3.05) is 26.2 Å². The third-order valence-electron chi connectivity index (χ3n) is 6.84. The average molecular weight is 424 g/mol. The molecule has 2 aromatic rings. The van der Waals surface area contributed by atoms with Gasteiger partial charge in [0.25, 0.3) is 0 Å². The van der Waals surface area contributed by atoms with E-state index >= 15 is 0 Å². The van der Waals surface area contributed by atoms with Crippen LogP contribution in [0.3, 0.4) is 0 Å². The van der Waals surface area contributed by atoms with Crippen molar-refractivity contribution in [3.8, 4) is 0 Å². The Hall–Kier alpha value is -2.24. The number of nitrogens with zero attached hydrogens (tertiary/aromatic N) is 2. The number of likely N-dealkylation sites (tertiary alicyclic amines) is 2. The van der Waals surface area contributed by atoms with Crippen LogP contribution in [-0.2, 0) is 17.9 Å². The summed E-state index contributed by atoms with van der Waals surface area (Å²) in [6, 6.07) is 17.7. The van der Waals surface area contributed by atoms with Crippen LogP contribution in [0.15, 0.2) is 54.6 Å². The molecule has 2 aromatic carbocycles. The minimum atomic E-state index is -0.247. The van der Waals surface area contributed by atoms with Gasteiger partial charge in [-0.25, -0.2) is 4.39 Å². The third-order valence-corrected chi connectivity index (χ3v) is 6.84. The van der Waals surface area contributed by atoms with Crippen molar-refractivity contribution >= 4 is 5.91 Å². The number of halogens is 1. The number of amides is 1. The summed E-state index contributed by atoms with van der Waals surface area (Å²) >= 11 is 0. The highest BCUT2D eigenvalue weighted by atomic mass is 19.1. The van der Waals surface area contributed by atoms with Gasteiger partial charge in [-0.3, -0.25) is 14.6 Å². The van der Waals surface area contributed by atoms with Crippen molar-refractivity contribution in [1.82, 2.24) is 15.1 Å². The molecule has 1 amide bonds. The number of carbonyl (C=O) groups is 1. The number of hydrogen-bond donors (Lipinski definition) is 1. The molecule has 1 atom stereocenters. The topological polar surface area (TPSA) is 35.6 Å². The number of carbonyl (C=O) groups excluding carboxylic acids is 1. The molecule has 2 aliphatic heterocycles. The van der Waals surface area contributed by atoms with Gasteiger partial charge in [-0.15, -0.1) is 0 Å². The zero-order valence-electron chi connectivity index (χ0n) is 18.3. The SMILES string of the molecule is O=C(CCC1CCN([C@H]2CCN(Cc3ccccc3)C2)CC1)NCc1ccc(F)cc1. The van der Waals surface area contributed by atoms with Gasteiger partial charge in [0.1, 0.15) is 5.82 Å². The van der Waals surface area contributed by atoms with Crippen LogP contribution in [0.5, 0.6) is 0 Å². The van der Waals surface area contributed by atoms with Gasteiger partial charge in [-0.2, -0.15) is 0 Å². The lowest BCUT2D eigenvalue weighted by molar-refractivity contribution is -0.121. The fourth-order valence-corrected chi connectivity index (χ4v) is 4.93. The van der Waals surface area contributed by atoms with Crippen LogP contribution < -0.4 is 5.32 Å². The molecule has 0 unspecified atom stereocenters. The fourth-order valence-electron chi connectivity index (χ4n) is 4.93. The Morgan fingerprint density at radius 3 is 2.42 bits per heavy atom. The third kappa shape index (κ3) is 6.62. The second-order valence-electron chi connectivity index (χ2n) is 9.08. The van der Waals surface area contributed by atoms with Crippen molar-refractivity contribution in [3.63, 3.8) is 0 Å². The normalized spacial score (nSPS) is 20.7. The lowest BCUT2D eigenvalue weighted by Crippen LogP contribution is -2.43. The van der Waals surface area contributed by atoms with Crippen LogP contribution >= 0.6 is 0 Å². The van der Waals surface area contributed by atoms with Crippen molar-refractivity contribution in [2.45, 2.75) is 51.2 Å². The minimum absolute atomic E-state index is 0.0964. The molecule has 0 saturated carbocycles. The van der Waals surface area contributed by atoms with Crippen molar-refractivity contribution in [1.29, 1.82) is 0 Å². The predicted molar refractivity (Wildman–Crippen MR) is 122 cm³/mol. The summed E-state index contributed by atoms with van der Waals surface area (Å²) in [6.07, 6.45) is 5.21. The number of benzene rings is 2. The first-order valence-electron chi connectivity index (χ1n) is 11.7. The van der Waals surface area contributed by atoms with Crippen LogP contribution in [-0.4, -0.2) is 47.9 Å². The summed E-state index contributed by atoms with van der Waals surface area (Å²) in [7, 11) is 0. The molecule has 0 aromatic heterocycles. The molecular weight excluding hydrogens is 389 g/mol. The molecule has 2 fully saturated rings. The van der Waals surface area contributed by atoms with Crippen LogP contribution in [0.25, 0.3) is 0 Å². The van der Waals surface area contributed by atoms with Gasteiger partial charge in [-0.1, -0.05) is 42.5 Å². The highest BCUT2D eigenvalue weighted by molar-refractivity contribution is 5.75. The Labute approximate surface area is 185 Å². The van der Waals surface area contributed by atoms with Gasteiger partial charge in [0.2, 0.25) is 5.91 Å². The van der Waals surface area contributed by atoms with E-state index in [9.17, 15) is 9.18 Å². The molecule has 0 bridgehead atoms. The fraction of sp³-hybridized carbons (Fsp3) is 0.500. The molecule has 166 valence electrons. The van der Waals surface area contributed by atoms with Gasteiger partial charge < -0.3 is 5.32 Å². The van der Waals surface area contributed by atoms with Crippen LogP contribution in [0, 0.1) is 11.7 Å². The molecule has 0 radical (unpaired) electrons. The van der Waals surface area contributed by atoms with E-state index in [0.717, 1.165) is 31.6 Å². The molecule has 4 nitrogen and oxygen atoms in total. The van der Waals surface area contributed by atoms with E-state index in [-0.39, 0.29) is 11.7 Å². The van der Waals surface area contributed by atoms with Crippen molar-refractivity contribution < 1.29 is 9.18 Å². The molecule has 0 spiro atoms. The number of rotatable bonds is 8. The Morgan fingerprint density at radius 1 is 0.935 bits per heavy atom. The van der Waals surface area contributed by atoms with E-state index in [1.807, 2.05) is 0 Å². The van der Waals surface area contributed by atoms with Crippen LogP contribution in [0.4, 0.5) is 4.39 Å². The molecule has 2 aliphatic rings. The largest absolute Gasteiger partial charge is 0.352 e. The number of piperidine rings is 1. The maximum atomic E-state index is 13.0. The monoisotopic (exact) mass is 423 g/mol. The van der Waals surface area contributed by atoms with Gasteiger partial charge in [0, 0.05) is 38.6 Å². The lowest BCUT2D eigenvalue weighted by Gasteiger charge is -2.36. The molecule has 5 heteroatoms.